The van der Waals surface area contributed by atoms with Gasteiger partial charge in [-0.05, 0) is 0 Å². The Hall–Kier alpha value is -1.28. The molecule has 0 amide bonds. The van der Waals surface area contributed by atoms with Gasteiger partial charge in [-0.1, -0.05) is 0 Å². The van der Waals surface area contributed by atoms with E-state index in [1.54, 1.807) is 0 Å². The van der Waals surface area contributed by atoms with Gasteiger partial charge in [0.05, 0.1) is 0 Å². The molecule has 16 heavy (non-hydrogen) atoms. The number of nitrogens with zero attached hydrogens (tertiary/aromatic N) is 1. The summed E-state index contributed by atoms with van der Waals surface area (Å²) < 4.78 is 22.0. The van der Waals surface area contributed by atoms with Gasteiger partial charge in [0.25, 0.3) is 0 Å². The number of thiazole rings is 1. The number of sulfone groups is 1. The molecule has 0 bridgehead atoms. The molecule has 0 spiro atoms. The van der Waals surface area contributed by atoms with E-state index in [0.29, 0.717) is 0 Å². The van der Waals surface area contributed by atoms with Crippen LogP contribution in [-0.2, 0) is 15.6 Å². The van der Waals surface area contributed by atoms with E-state index in [-0.39, 0.29) is 21.3 Å². The van der Waals surface area contributed by atoms with E-state index >= 15 is 0 Å². The van der Waals surface area contributed by atoms with E-state index in [4.69, 9.17) is 5.11 Å². The van der Waals surface area contributed by atoms with Gasteiger partial charge >= 0.3 is 5.97 Å². The zero-order chi connectivity index (χ0) is 12.5. The molecule has 6 nitrogen and oxygen atoms in total. The van der Waals surface area contributed by atoms with E-state index < -0.39 is 21.6 Å². The first kappa shape index (κ1) is 12.8. The second-order valence-electron chi connectivity index (χ2n) is 3.22. The monoisotopic (exact) mass is 263 g/mol. The molecule has 0 unspecified atom stereocenters. The SMILES string of the molecule is CC(=O)c1sc(CS(C)(=O)=O)nc1C(=O)O. The average molecular weight is 263 g/mol. The number of aromatic carboxylic acids is 1. The summed E-state index contributed by atoms with van der Waals surface area (Å²) in [5, 5.41) is 8.88. The number of carboxylic acids is 1. The van der Waals surface area contributed by atoms with Gasteiger partial charge < -0.3 is 5.11 Å². The normalized spacial score (nSPS) is 11.4. The van der Waals surface area contributed by atoms with Gasteiger partial charge in [0.1, 0.15) is 15.6 Å². The lowest BCUT2D eigenvalue weighted by atomic mass is 10.3. The fourth-order valence-electron chi connectivity index (χ4n) is 1.03. The second kappa shape index (κ2) is 4.30. The average Bonchev–Trinajstić information content (AvgIpc) is 2.44. The molecule has 0 aliphatic rings. The van der Waals surface area contributed by atoms with Crippen molar-refractivity contribution in [3.05, 3.63) is 15.6 Å². The third-order valence-electron chi connectivity index (χ3n) is 1.58. The highest BCUT2D eigenvalue weighted by Crippen LogP contribution is 2.21. The highest BCUT2D eigenvalue weighted by molar-refractivity contribution is 7.90. The number of hydrogen-bond donors (Lipinski definition) is 1. The van der Waals surface area contributed by atoms with Crippen LogP contribution in [0.4, 0.5) is 0 Å². The van der Waals surface area contributed by atoms with Gasteiger partial charge in [0.2, 0.25) is 0 Å². The molecule has 0 atom stereocenters. The fraction of sp³-hybridized carbons (Fsp3) is 0.375. The molecule has 1 aromatic heterocycles. The van der Waals surface area contributed by atoms with Gasteiger partial charge in [0, 0.05) is 13.2 Å². The number of ketones is 1. The molecule has 88 valence electrons. The van der Waals surface area contributed by atoms with Crippen molar-refractivity contribution in [1.82, 2.24) is 4.98 Å². The standard InChI is InChI=1S/C8H9NO5S2/c1-4(10)7-6(8(11)12)9-5(15-7)3-16(2,13)14/h3H2,1-2H3,(H,11,12). The second-order valence-corrected chi connectivity index (χ2v) is 6.44. The van der Waals surface area contributed by atoms with Crippen LogP contribution < -0.4 is 0 Å². The fourth-order valence-corrected chi connectivity index (χ4v) is 3.17. The Bertz CT molecular complexity index is 511. The van der Waals surface area contributed by atoms with Crippen LogP contribution in [0.5, 0.6) is 0 Å². The Morgan fingerprint density at radius 3 is 2.31 bits per heavy atom. The number of Topliss-reactive ketones (excluding diaryl/α,β-unsaturated/α-hetero) is 1. The Balaban J connectivity index is 3.22. The largest absolute Gasteiger partial charge is 0.476 e. The smallest absolute Gasteiger partial charge is 0.356 e. The maximum atomic E-state index is 11.1. The maximum Gasteiger partial charge on any atom is 0.356 e. The molecular weight excluding hydrogens is 254 g/mol. The van der Waals surface area contributed by atoms with Crippen molar-refractivity contribution in [3.63, 3.8) is 0 Å². The van der Waals surface area contributed by atoms with Gasteiger partial charge in [-0.3, -0.25) is 4.79 Å². The lowest BCUT2D eigenvalue weighted by Crippen LogP contribution is -2.04. The van der Waals surface area contributed by atoms with E-state index in [1.165, 1.54) is 6.92 Å². The van der Waals surface area contributed by atoms with Crippen molar-refractivity contribution in [2.45, 2.75) is 12.7 Å². The van der Waals surface area contributed by atoms with E-state index in [0.717, 1.165) is 17.6 Å². The minimum atomic E-state index is -3.29. The highest BCUT2D eigenvalue weighted by Gasteiger charge is 2.21. The molecular formula is C8H9NO5S2. The lowest BCUT2D eigenvalue weighted by Gasteiger charge is -1.90. The van der Waals surface area contributed by atoms with Crippen LogP contribution in [0.2, 0.25) is 0 Å². The van der Waals surface area contributed by atoms with Crippen LogP contribution in [0.1, 0.15) is 32.1 Å². The van der Waals surface area contributed by atoms with Crippen LogP contribution in [0.3, 0.4) is 0 Å². The number of hydrogen-bond acceptors (Lipinski definition) is 6. The molecule has 0 aliphatic heterocycles. The molecule has 0 saturated heterocycles. The van der Waals surface area contributed by atoms with Crippen LogP contribution in [0, 0.1) is 0 Å². The molecule has 0 aliphatic carbocycles. The Morgan fingerprint density at radius 2 is 2.00 bits per heavy atom. The van der Waals surface area contributed by atoms with Gasteiger partial charge in [-0.2, -0.15) is 0 Å². The number of carbonyl (C=O) groups is 2. The minimum Gasteiger partial charge on any atom is -0.476 e. The minimum absolute atomic E-state index is 0.0221. The zero-order valence-corrected chi connectivity index (χ0v) is 10.2. The molecule has 1 heterocycles. The highest BCUT2D eigenvalue weighted by atomic mass is 32.2. The van der Waals surface area contributed by atoms with Crippen molar-refractivity contribution in [3.8, 4) is 0 Å². The Labute approximate surface area is 95.9 Å². The number of carbonyl (C=O) groups excluding carboxylic acids is 1. The molecule has 0 aromatic carbocycles. The first-order valence-electron chi connectivity index (χ1n) is 4.12. The summed E-state index contributed by atoms with van der Waals surface area (Å²) in [6.07, 6.45) is 1.02. The van der Waals surface area contributed by atoms with E-state index in [1.807, 2.05) is 0 Å². The van der Waals surface area contributed by atoms with Gasteiger partial charge in [-0.25, -0.2) is 18.2 Å². The summed E-state index contributed by atoms with van der Waals surface area (Å²) in [5.41, 5.74) is -0.379. The first-order valence-corrected chi connectivity index (χ1v) is 7.00. The molecule has 1 N–H and O–H groups in total. The van der Waals surface area contributed by atoms with Gasteiger partial charge in [0.15, 0.2) is 21.3 Å². The molecule has 0 saturated carbocycles. The van der Waals surface area contributed by atoms with E-state index in [9.17, 15) is 18.0 Å². The summed E-state index contributed by atoms with van der Waals surface area (Å²) in [6.45, 7) is 1.21. The molecule has 1 aromatic rings. The molecule has 1 rings (SSSR count). The van der Waals surface area contributed by atoms with Crippen molar-refractivity contribution in [2.24, 2.45) is 0 Å². The molecule has 8 heteroatoms. The third kappa shape index (κ3) is 3.11. The molecule has 0 radical (unpaired) electrons. The van der Waals surface area contributed by atoms with Crippen molar-refractivity contribution in [1.29, 1.82) is 0 Å². The van der Waals surface area contributed by atoms with Gasteiger partial charge in [-0.15, -0.1) is 11.3 Å². The quantitative estimate of drug-likeness (QED) is 0.798. The number of carboxylic acid groups (broad SMARTS) is 1. The van der Waals surface area contributed by atoms with Crippen molar-refractivity contribution < 1.29 is 23.1 Å². The maximum absolute atomic E-state index is 11.1. The van der Waals surface area contributed by atoms with Crippen LogP contribution in [0.25, 0.3) is 0 Å². The Kier molecular flexibility index (Phi) is 3.44. The van der Waals surface area contributed by atoms with Crippen LogP contribution in [0.15, 0.2) is 0 Å². The van der Waals surface area contributed by atoms with E-state index in [2.05, 4.69) is 4.98 Å². The first-order chi connectivity index (χ1) is 7.20. The number of aromatic nitrogens is 1. The lowest BCUT2D eigenvalue weighted by molar-refractivity contribution is 0.0687. The predicted octanol–water partition coefficient (Wildman–Crippen LogP) is 0.589. The van der Waals surface area contributed by atoms with Crippen LogP contribution in [-0.4, -0.2) is 36.5 Å². The summed E-state index contributed by atoms with van der Waals surface area (Å²) in [6, 6.07) is 0. The third-order valence-corrected chi connectivity index (χ3v) is 3.72. The summed E-state index contributed by atoms with van der Waals surface area (Å²) in [5.74, 6) is -2.12. The summed E-state index contributed by atoms with van der Waals surface area (Å²) in [7, 11) is -3.29. The van der Waals surface area contributed by atoms with Crippen molar-refractivity contribution >= 4 is 32.9 Å². The Morgan fingerprint density at radius 1 is 1.44 bits per heavy atom. The van der Waals surface area contributed by atoms with Crippen molar-refractivity contribution in [2.75, 3.05) is 6.26 Å². The zero-order valence-electron chi connectivity index (χ0n) is 8.55. The number of rotatable bonds is 4. The summed E-state index contributed by atoms with van der Waals surface area (Å²) >= 11 is 0.802. The van der Waals surface area contributed by atoms with Crippen LogP contribution >= 0.6 is 11.3 Å². The topological polar surface area (TPSA) is 101 Å². The summed E-state index contributed by atoms with van der Waals surface area (Å²) in [4.78, 5) is 25.5. The molecule has 0 fully saturated rings. The predicted molar refractivity (Wildman–Crippen MR) is 57.6 cm³/mol.